The molecule has 0 saturated carbocycles. The van der Waals surface area contributed by atoms with Gasteiger partial charge in [-0.2, -0.15) is 0 Å². The van der Waals surface area contributed by atoms with E-state index in [0.717, 1.165) is 11.8 Å². The maximum absolute atomic E-state index is 3.85. The maximum atomic E-state index is 3.85. The van der Waals surface area contributed by atoms with Crippen LogP contribution in [0.4, 0.5) is 0 Å². The van der Waals surface area contributed by atoms with E-state index in [9.17, 15) is 0 Å². The first kappa shape index (κ1) is 16.0. The molecule has 0 aliphatic carbocycles. The van der Waals surface area contributed by atoms with Crippen molar-refractivity contribution < 1.29 is 0 Å². The molecule has 2 heteroatoms. The summed E-state index contributed by atoms with van der Waals surface area (Å²) in [6, 6.07) is 2.03. The summed E-state index contributed by atoms with van der Waals surface area (Å²) in [5.74, 6) is 1.55. The van der Waals surface area contributed by atoms with Gasteiger partial charge < -0.3 is 0 Å². The quantitative estimate of drug-likeness (QED) is 0.763. The van der Waals surface area contributed by atoms with Crippen LogP contribution in [0.15, 0.2) is 0 Å². The Morgan fingerprint density at radius 2 is 1.39 bits per heavy atom. The van der Waals surface area contributed by atoms with Crippen molar-refractivity contribution in [3.05, 3.63) is 0 Å². The minimum atomic E-state index is 0.646. The van der Waals surface area contributed by atoms with Gasteiger partial charge in [0.25, 0.3) is 0 Å². The summed E-state index contributed by atoms with van der Waals surface area (Å²) in [6.07, 6.45) is 6.64. The van der Waals surface area contributed by atoms with Crippen LogP contribution in [0.25, 0.3) is 0 Å². The van der Waals surface area contributed by atoms with E-state index in [1.165, 1.54) is 32.1 Å². The maximum Gasteiger partial charge on any atom is 0.0220 e. The van der Waals surface area contributed by atoms with Crippen LogP contribution in [-0.4, -0.2) is 23.1 Å². The third kappa shape index (κ3) is 5.27. The first-order valence-corrected chi connectivity index (χ1v) is 7.94. The predicted molar refractivity (Wildman–Crippen MR) is 80.4 cm³/mol. The SMILES string of the molecule is CC(C)CC(CC(C)C)NN1C(C)CCCC1C. The Morgan fingerprint density at radius 3 is 1.78 bits per heavy atom. The molecule has 2 unspecified atom stereocenters. The van der Waals surface area contributed by atoms with Crippen LogP contribution in [0.3, 0.4) is 0 Å². The molecule has 0 aromatic carbocycles. The molecule has 1 fully saturated rings. The lowest BCUT2D eigenvalue weighted by Gasteiger charge is -2.42. The highest BCUT2D eigenvalue weighted by Gasteiger charge is 2.27. The Balaban J connectivity index is 2.56. The summed E-state index contributed by atoms with van der Waals surface area (Å²) in [5, 5.41) is 2.54. The molecule has 0 aromatic heterocycles. The van der Waals surface area contributed by atoms with Gasteiger partial charge in [-0.3, -0.25) is 5.43 Å². The molecule has 1 rings (SSSR count). The fourth-order valence-corrected chi connectivity index (χ4v) is 3.23. The Labute approximate surface area is 114 Å². The van der Waals surface area contributed by atoms with Crippen molar-refractivity contribution in [3.8, 4) is 0 Å². The van der Waals surface area contributed by atoms with Gasteiger partial charge in [0, 0.05) is 18.1 Å². The number of nitrogens with one attached hydrogen (secondary N) is 1. The lowest BCUT2D eigenvalue weighted by molar-refractivity contribution is 0.0221. The number of piperidine rings is 1. The van der Waals surface area contributed by atoms with Gasteiger partial charge in [0.1, 0.15) is 0 Å². The molecule has 0 aromatic rings. The first-order valence-electron chi connectivity index (χ1n) is 7.94. The van der Waals surface area contributed by atoms with Crippen LogP contribution < -0.4 is 5.43 Å². The van der Waals surface area contributed by atoms with Crippen molar-refractivity contribution in [2.75, 3.05) is 0 Å². The molecule has 1 aliphatic rings. The van der Waals surface area contributed by atoms with E-state index in [0.29, 0.717) is 18.1 Å². The molecule has 1 N–H and O–H groups in total. The molecule has 0 bridgehead atoms. The monoisotopic (exact) mass is 254 g/mol. The van der Waals surface area contributed by atoms with Crippen molar-refractivity contribution in [1.29, 1.82) is 0 Å². The standard InChI is InChI=1S/C16H34N2/c1-12(2)10-16(11-13(3)4)17-18-14(5)8-7-9-15(18)6/h12-17H,7-11H2,1-6H3. The second-order valence-electron chi connectivity index (χ2n) is 7.12. The van der Waals surface area contributed by atoms with Gasteiger partial charge in [-0.15, -0.1) is 0 Å². The van der Waals surface area contributed by atoms with Gasteiger partial charge in [0.2, 0.25) is 0 Å². The van der Waals surface area contributed by atoms with Crippen molar-refractivity contribution in [2.45, 2.75) is 91.8 Å². The van der Waals surface area contributed by atoms with E-state index in [2.05, 4.69) is 52.0 Å². The second kappa shape index (κ2) is 7.49. The van der Waals surface area contributed by atoms with Crippen molar-refractivity contribution >= 4 is 0 Å². The van der Waals surface area contributed by atoms with Gasteiger partial charge in [0.05, 0.1) is 0 Å². The Morgan fingerprint density at radius 1 is 0.944 bits per heavy atom. The number of nitrogens with zero attached hydrogens (tertiary/aromatic N) is 1. The summed E-state index contributed by atoms with van der Waals surface area (Å²) in [6.45, 7) is 14.1. The summed E-state index contributed by atoms with van der Waals surface area (Å²) in [5.41, 5.74) is 3.85. The minimum absolute atomic E-state index is 0.646. The Hall–Kier alpha value is -0.0800. The summed E-state index contributed by atoms with van der Waals surface area (Å²) in [4.78, 5) is 0. The van der Waals surface area contributed by atoms with Crippen molar-refractivity contribution in [3.63, 3.8) is 0 Å². The average Bonchev–Trinajstić information content (AvgIpc) is 2.21. The molecular weight excluding hydrogens is 220 g/mol. The number of hydrogen-bond acceptors (Lipinski definition) is 2. The lowest BCUT2D eigenvalue weighted by atomic mass is 9.95. The largest absolute Gasteiger partial charge is 0.252 e. The molecule has 0 amide bonds. The Bertz CT molecular complexity index is 205. The molecule has 0 spiro atoms. The topological polar surface area (TPSA) is 15.3 Å². The fourth-order valence-electron chi connectivity index (χ4n) is 3.23. The molecular formula is C16H34N2. The van der Waals surface area contributed by atoms with Crippen LogP contribution in [-0.2, 0) is 0 Å². The molecule has 1 aliphatic heterocycles. The van der Waals surface area contributed by atoms with Gasteiger partial charge in [-0.1, -0.05) is 34.1 Å². The summed E-state index contributed by atoms with van der Waals surface area (Å²) >= 11 is 0. The van der Waals surface area contributed by atoms with Crippen molar-refractivity contribution in [2.24, 2.45) is 11.8 Å². The van der Waals surface area contributed by atoms with E-state index in [4.69, 9.17) is 0 Å². The van der Waals surface area contributed by atoms with Crippen LogP contribution >= 0.6 is 0 Å². The van der Waals surface area contributed by atoms with Gasteiger partial charge in [-0.05, 0) is 51.4 Å². The smallest absolute Gasteiger partial charge is 0.0220 e. The molecule has 2 atom stereocenters. The van der Waals surface area contributed by atoms with E-state index < -0.39 is 0 Å². The summed E-state index contributed by atoms with van der Waals surface area (Å²) < 4.78 is 0. The first-order chi connectivity index (χ1) is 8.40. The van der Waals surface area contributed by atoms with Crippen LogP contribution in [0.1, 0.15) is 73.6 Å². The number of hydrogen-bond donors (Lipinski definition) is 1. The highest BCUT2D eigenvalue weighted by Crippen LogP contribution is 2.22. The van der Waals surface area contributed by atoms with Crippen LogP contribution in [0, 0.1) is 11.8 Å². The minimum Gasteiger partial charge on any atom is -0.252 e. The highest BCUT2D eigenvalue weighted by molar-refractivity contribution is 4.80. The van der Waals surface area contributed by atoms with E-state index in [-0.39, 0.29) is 0 Å². The zero-order chi connectivity index (χ0) is 13.7. The third-order valence-corrected chi connectivity index (χ3v) is 4.04. The molecule has 108 valence electrons. The number of rotatable bonds is 6. The predicted octanol–water partition coefficient (Wildman–Crippen LogP) is 4.21. The van der Waals surface area contributed by atoms with Crippen LogP contribution in [0.5, 0.6) is 0 Å². The lowest BCUT2D eigenvalue weighted by Crippen LogP contribution is -2.55. The molecule has 1 saturated heterocycles. The zero-order valence-corrected chi connectivity index (χ0v) is 13.4. The number of hydrazine groups is 1. The third-order valence-electron chi connectivity index (χ3n) is 4.04. The summed E-state index contributed by atoms with van der Waals surface area (Å²) in [7, 11) is 0. The normalized spacial score (nSPS) is 26.5. The average molecular weight is 254 g/mol. The van der Waals surface area contributed by atoms with E-state index in [1.54, 1.807) is 0 Å². The molecule has 18 heavy (non-hydrogen) atoms. The zero-order valence-electron chi connectivity index (χ0n) is 13.4. The van der Waals surface area contributed by atoms with Crippen molar-refractivity contribution in [1.82, 2.24) is 10.4 Å². The molecule has 2 nitrogen and oxygen atoms in total. The van der Waals surface area contributed by atoms with Gasteiger partial charge in [0.15, 0.2) is 0 Å². The van der Waals surface area contributed by atoms with E-state index >= 15 is 0 Å². The highest BCUT2D eigenvalue weighted by atomic mass is 15.5. The Kier molecular flexibility index (Phi) is 6.65. The second-order valence-corrected chi connectivity index (χ2v) is 7.12. The van der Waals surface area contributed by atoms with Crippen LogP contribution in [0.2, 0.25) is 0 Å². The fraction of sp³-hybridized carbons (Fsp3) is 1.00. The van der Waals surface area contributed by atoms with E-state index in [1.807, 2.05) is 0 Å². The van der Waals surface area contributed by atoms with Gasteiger partial charge in [-0.25, -0.2) is 5.01 Å². The molecule has 0 radical (unpaired) electrons. The van der Waals surface area contributed by atoms with Gasteiger partial charge >= 0.3 is 0 Å². The molecule has 1 heterocycles.